The van der Waals surface area contributed by atoms with E-state index in [1.54, 1.807) is 11.0 Å². The number of hydrogen-bond acceptors (Lipinski definition) is 6. The lowest BCUT2D eigenvalue weighted by Crippen LogP contribution is -2.59. The smallest absolute Gasteiger partial charge is 0.408 e. The Kier molecular flexibility index (Phi) is 10.6. The molecule has 1 aliphatic heterocycles. The molecule has 10 heteroatoms. The molecule has 3 N–H and O–H groups in total. The van der Waals surface area contributed by atoms with Crippen molar-refractivity contribution in [3.63, 3.8) is 0 Å². The Bertz CT molecular complexity index is 1310. The third kappa shape index (κ3) is 7.31. The maximum atomic E-state index is 14.5. The summed E-state index contributed by atoms with van der Waals surface area (Å²) in [6.07, 6.45) is 3.87. The Morgan fingerprint density at radius 1 is 1.02 bits per heavy atom. The van der Waals surface area contributed by atoms with Gasteiger partial charge in [-0.15, -0.1) is 13.2 Å². The molecular weight excluding hydrogens is 572 g/mol. The van der Waals surface area contributed by atoms with E-state index in [1.807, 2.05) is 45.0 Å². The Balaban J connectivity index is 1.59. The first-order valence-electron chi connectivity index (χ1n) is 16.0. The molecule has 1 aromatic rings. The molecule has 1 saturated carbocycles. The summed E-state index contributed by atoms with van der Waals surface area (Å²) in [5.74, 6) is -2.57. The van der Waals surface area contributed by atoms with E-state index in [0.717, 1.165) is 11.1 Å². The zero-order chi connectivity index (χ0) is 33.1. The number of fused-ring (bicyclic) bond motifs is 2. The summed E-state index contributed by atoms with van der Waals surface area (Å²) in [5, 5.41) is 8.16. The van der Waals surface area contributed by atoms with E-state index < -0.39 is 41.8 Å². The standard InChI is InChI=1S/C35H48N4O6/c1-8-10-15-26(30(40)32(42)36-16-9-2)37-31(41)29-27-25(35(27,6)7)19-39(29)33(43)28(38-34(44)45-21(5)20(3)4)24-17-22-13-11-12-14-23(22)18-24/h8-9,11-14,20-21,24-29H,1-2,10,15-19H2,3-7H3,(H,36,42)(H,37,41)(H,38,44)/t21?,25?,26?,27?,28-,29-/m0/s1. The van der Waals surface area contributed by atoms with Crippen LogP contribution >= 0.6 is 0 Å². The van der Waals surface area contributed by atoms with Crippen LogP contribution in [0.15, 0.2) is 49.6 Å². The van der Waals surface area contributed by atoms with Crippen LogP contribution in [0.2, 0.25) is 0 Å². The normalized spacial score (nSPS) is 23.2. The van der Waals surface area contributed by atoms with Crippen molar-refractivity contribution in [2.45, 2.75) is 84.5 Å². The second-order valence-corrected chi connectivity index (χ2v) is 13.6. The van der Waals surface area contributed by atoms with Gasteiger partial charge < -0.3 is 25.6 Å². The fraction of sp³-hybridized carbons (Fsp3) is 0.571. The van der Waals surface area contributed by atoms with Gasteiger partial charge in [-0.25, -0.2) is 4.79 Å². The van der Waals surface area contributed by atoms with Gasteiger partial charge in [-0.1, -0.05) is 64.1 Å². The van der Waals surface area contributed by atoms with Gasteiger partial charge in [0.2, 0.25) is 17.6 Å². The molecule has 0 radical (unpaired) electrons. The van der Waals surface area contributed by atoms with E-state index in [0.29, 0.717) is 25.8 Å². The molecule has 2 fully saturated rings. The van der Waals surface area contributed by atoms with Gasteiger partial charge in [-0.05, 0) is 72.8 Å². The highest BCUT2D eigenvalue weighted by Gasteiger charge is 2.69. The summed E-state index contributed by atoms with van der Waals surface area (Å²) in [5.41, 5.74) is 2.08. The Morgan fingerprint density at radius 3 is 2.24 bits per heavy atom. The molecule has 3 aliphatic rings. The average Bonchev–Trinajstić information content (AvgIpc) is 3.37. The number of amides is 4. The summed E-state index contributed by atoms with van der Waals surface area (Å²) in [6.45, 7) is 17.6. The van der Waals surface area contributed by atoms with Crippen molar-refractivity contribution in [1.29, 1.82) is 0 Å². The van der Waals surface area contributed by atoms with Gasteiger partial charge in [-0.3, -0.25) is 19.2 Å². The highest BCUT2D eigenvalue weighted by molar-refractivity contribution is 6.38. The maximum Gasteiger partial charge on any atom is 0.408 e. The number of allylic oxidation sites excluding steroid dienone is 1. The van der Waals surface area contributed by atoms with E-state index in [4.69, 9.17) is 4.74 Å². The van der Waals surface area contributed by atoms with E-state index in [2.05, 4.69) is 43.0 Å². The molecule has 6 atom stereocenters. The zero-order valence-corrected chi connectivity index (χ0v) is 27.1. The largest absolute Gasteiger partial charge is 0.446 e. The van der Waals surface area contributed by atoms with Crippen LogP contribution in [-0.4, -0.2) is 71.8 Å². The van der Waals surface area contributed by atoms with Crippen molar-refractivity contribution in [3.8, 4) is 0 Å². The minimum absolute atomic E-state index is 0.0877. The van der Waals surface area contributed by atoms with Crippen molar-refractivity contribution >= 4 is 29.6 Å². The van der Waals surface area contributed by atoms with Crippen molar-refractivity contribution in [2.75, 3.05) is 13.1 Å². The molecule has 4 unspecified atom stereocenters. The summed E-state index contributed by atoms with van der Waals surface area (Å²) in [6, 6.07) is 5.14. The molecule has 2 aliphatic carbocycles. The number of Topliss-reactive ketones (excluding diaryl/α,β-unsaturated/α-hetero) is 1. The van der Waals surface area contributed by atoms with Gasteiger partial charge in [-0.2, -0.15) is 0 Å². The molecule has 10 nitrogen and oxygen atoms in total. The lowest BCUT2D eigenvalue weighted by atomic mass is 9.93. The summed E-state index contributed by atoms with van der Waals surface area (Å²) < 4.78 is 5.61. The highest BCUT2D eigenvalue weighted by atomic mass is 16.6. The topological polar surface area (TPSA) is 134 Å². The Labute approximate surface area is 266 Å². The monoisotopic (exact) mass is 620 g/mol. The predicted molar refractivity (Wildman–Crippen MR) is 171 cm³/mol. The van der Waals surface area contributed by atoms with E-state index in [1.165, 1.54) is 6.08 Å². The number of alkyl carbamates (subject to hydrolysis) is 1. The first-order chi connectivity index (χ1) is 21.3. The van der Waals surface area contributed by atoms with Crippen LogP contribution in [0.1, 0.15) is 58.6 Å². The lowest BCUT2D eigenvalue weighted by Gasteiger charge is -2.35. The SMILES string of the molecule is C=CCCC(NC(=O)[C@@H]1C2C(CN1C(=O)[C@@H](NC(=O)OC(C)C(C)C)C1Cc3ccccc3C1)C2(C)C)C(=O)C(=O)NCC=C. The predicted octanol–water partition coefficient (Wildman–Crippen LogP) is 3.35. The maximum absolute atomic E-state index is 14.5. The molecule has 4 amide bonds. The molecule has 244 valence electrons. The molecule has 1 aromatic carbocycles. The van der Waals surface area contributed by atoms with Gasteiger partial charge in [0.05, 0.1) is 6.04 Å². The van der Waals surface area contributed by atoms with Crippen LogP contribution in [0.5, 0.6) is 0 Å². The highest BCUT2D eigenvalue weighted by Crippen LogP contribution is 2.65. The third-order valence-corrected chi connectivity index (χ3v) is 10.0. The van der Waals surface area contributed by atoms with Crippen LogP contribution < -0.4 is 16.0 Å². The average molecular weight is 621 g/mol. The first kappa shape index (κ1) is 33.9. The van der Waals surface area contributed by atoms with Crippen molar-refractivity contribution in [2.24, 2.45) is 29.1 Å². The fourth-order valence-corrected chi connectivity index (χ4v) is 6.89. The Morgan fingerprint density at radius 2 is 1.67 bits per heavy atom. The van der Waals surface area contributed by atoms with Crippen LogP contribution in [0, 0.1) is 29.1 Å². The van der Waals surface area contributed by atoms with Crippen LogP contribution in [0.4, 0.5) is 4.79 Å². The van der Waals surface area contributed by atoms with Gasteiger partial charge in [0.1, 0.15) is 18.2 Å². The van der Waals surface area contributed by atoms with Crippen LogP contribution in [-0.2, 0) is 36.8 Å². The summed E-state index contributed by atoms with van der Waals surface area (Å²) in [4.78, 5) is 68.7. The second kappa shape index (κ2) is 14.0. The molecule has 4 rings (SSSR count). The number of nitrogens with one attached hydrogen (secondary N) is 3. The number of ketones is 1. The molecule has 0 bridgehead atoms. The molecule has 45 heavy (non-hydrogen) atoms. The number of hydrogen-bond donors (Lipinski definition) is 3. The first-order valence-corrected chi connectivity index (χ1v) is 16.0. The van der Waals surface area contributed by atoms with E-state index in [9.17, 15) is 24.0 Å². The number of piperidine rings is 1. The molecule has 0 spiro atoms. The number of rotatable bonds is 14. The zero-order valence-electron chi connectivity index (χ0n) is 27.1. The number of benzene rings is 1. The second-order valence-electron chi connectivity index (χ2n) is 13.6. The van der Waals surface area contributed by atoms with Crippen LogP contribution in [0.25, 0.3) is 0 Å². The number of carbonyl (C=O) groups is 5. The van der Waals surface area contributed by atoms with Crippen molar-refractivity contribution < 1.29 is 28.7 Å². The number of nitrogens with zero attached hydrogens (tertiary/aromatic N) is 1. The Hall–Kier alpha value is -3.95. The number of carbonyl (C=O) groups excluding carboxylic acids is 5. The molecule has 0 aromatic heterocycles. The van der Waals surface area contributed by atoms with E-state index >= 15 is 0 Å². The van der Waals surface area contributed by atoms with E-state index in [-0.39, 0.29) is 54.1 Å². The molecular formula is C35H48N4O6. The summed E-state index contributed by atoms with van der Waals surface area (Å²) in [7, 11) is 0. The van der Waals surface area contributed by atoms with Crippen LogP contribution in [0.3, 0.4) is 0 Å². The lowest BCUT2D eigenvalue weighted by molar-refractivity contribution is -0.144. The van der Waals surface area contributed by atoms with Gasteiger partial charge in [0.15, 0.2) is 0 Å². The number of likely N-dealkylation sites (tertiary alicyclic amines) is 1. The number of ether oxygens (including phenoxy) is 1. The van der Waals surface area contributed by atoms with Gasteiger partial charge >= 0.3 is 6.09 Å². The van der Waals surface area contributed by atoms with Crippen molar-refractivity contribution in [1.82, 2.24) is 20.9 Å². The molecule has 1 heterocycles. The van der Waals surface area contributed by atoms with Crippen molar-refractivity contribution in [3.05, 3.63) is 60.7 Å². The molecule has 1 saturated heterocycles. The van der Waals surface area contributed by atoms with Gasteiger partial charge in [0, 0.05) is 13.1 Å². The quantitative estimate of drug-likeness (QED) is 0.216. The minimum atomic E-state index is -1.08. The summed E-state index contributed by atoms with van der Waals surface area (Å²) >= 11 is 0. The minimum Gasteiger partial charge on any atom is -0.446 e. The third-order valence-electron chi connectivity index (χ3n) is 10.0. The fourth-order valence-electron chi connectivity index (χ4n) is 6.89. The van der Waals surface area contributed by atoms with Gasteiger partial charge in [0.25, 0.3) is 5.91 Å².